The lowest BCUT2D eigenvalue weighted by Crippen LogP contribution is -2.64. The van der Waals surface area contributed by atoms with Gasteiger partial charge in [0.25, 0.3) is 5.56 Å². The summed E-state index contributed by atoms with van der Waals surface area (Å²) in [6.07, 6.45) is -4.52. The molecule has 0 saturated carbocycles. The Morgan fingerprint density at radius 3 is 2.81 bits per heavy atom. The Morgan fingerprint density at radius 1 is 1.37 bits per heavy atom. The molecule has 8 N–H and O–H groups in total. The second-order valence-corrected chi connectivity index (χ2v) is 6.13. The Hall–Kier alpha value is -2.58. The van der Waals surface area contributed by atoms with E-state index in [9.17, 15) is 24.9 Å². The number of ether oxygens (including phenoxy) is 1. The molecule has 3 rings (SSSR count). The van der Waals surface area contributed by atoms with Gasteiger partial charge in [-0.15, -0.1) is 0 Å². The fourth-order valence-electron chi connectivity index (χ4n) is 2.87. The highest BCUT2D eigenvalue weighted by Crippen LogP contribution is 2.19. The van der Waals surface area contributed by atoms with Gasteiger partial charge >= 0.3 is 0 Å². The van der Waals surface area contributed by atoms with Crippen molar-refractivity contribution < 1.29 is 30.0 Å². The molecule has 1 aliphatic rings. The number of rotatable bonds is 5. The molecule has 13 nitrogen and oxygen atoms in total. The van der Waals surface area contributed by atoms with Crippen LogP contribution < -0.4 is 16.6 Å². The maximum Gasteiger partial charge on any atom is 0.280 e. The third-order valence-electron chi connectivity index (χ3n) is 4.30. The number of hydrogen-bond donors (Lipinski definition) is 7. The predicted molar refractivity (Wildman–Crippen MR) is 89.1 cm³/mol. The number of nitrogens with one attached hydrogen (secondary N) is 2. The van der Waals surface area contributed by atoms with Crippen LogP contribution in [0, 0.1) is 0 Å². The Kier molecular flexibility index (Phi) is 5.38. The number of imidazole rings is 1. The number of amides is 1. The molecule has 2 aromatic rings. The molecule has 1 aliphatic heterocycles. The highest BCUT2D eigenvalue weighted by molar-refractivity contribution is 5.77. The molecule has 1 fully saturated rings. The van der Waals surface area contributed by atoms with Gasteiger partial charge in [0.1, 0.15) is 24.4 Å². The van der Waals surface area contributed by atoms with Crippen LogP contribution in [0.1, 0.15) is 6.42 Å². The number of H-pyrrole nitrogens is 1. The van der Waals surface area contributed by atoms with E-state index in [-0.39, 0.29) is 30.1 Å². The summed E-state index contributed by atoms with van der Waals surface area (Å²) in [4.78, 5) is 34.1. The van der Waals surface area contributed by atoms with Gasteiger partial charge in [-0.1, -0.05) is 0 Å². The zero-order valence-corrected chi connectivity index (χ0v) is 14.0. The van der Waals surface area contributed by atoms with Crippen molar-refractivity contribution in [2.75, 3.05) is 12.3 Å². The number of anilines is 1. The van der Waals surface area contributed by atoms with Crippen molar-refractivity contribution in [3.63, 3.8) is 0 Å². The van der Waals surface area contributed by atoms with Crippen LogP contribution >= 0.6 is 0 Å². The van der Waals surface area contributed by atoms with Crippen LogP contribution in [-0.4, -0.2) is 83.1 Å². The first-order valence-corrected chi connectivity index (χ1v) is 8.12. The molecule has 0 aliphatic carbocycles. The minimum absolute atomic E-state index is 0.0781. The van der Waals surface area contributed by atoms with E-state index in [0.717, 1.165) is 0 Å². The minimum atomic E-state index is -1.60. The number of aryl methyl sites for hydroxylation is 1. The van der Waals surface area contributed by atoms with E-state index in [1.165, 1.54) is 10.9 Å². The SMILES string of the molecule is Nc1nc2c(ncn2CCC(=O)N[C@H]2[C@H](O)[C@@H](O)[C@H](CO)O[C@@H]2O)c(=O)[nH]1. The zero-order valence-electron chi connectivity index (χ0n) is 14.0. The van der Waals surface area contributed by atoms with Gasteiger partial charge in [0.15, 0.2) is 17.5 Å². The average molecular weight is 384 g/mol. The lowest BCUT2D eigenvalue weighted by atomic mass is 9.97. The van der Waals surface area contributed by atoms with Gasteiger partial charge in [-0.3, -0.25) is 14.6 Å². The van der Waals surface area contributed by atoms with E-state index in [4.69, 9.17) is 15.6 Å². The number of nitrogen functional groups attached to an aromatic ring is 1. The second kappa shape index (κ2) is 7.58. The maximum absolute atomic E-state index is 12.2. The van der Waals surface area contributed by atoms with E-state index in [2.05, 4.69) is 20.3 Å². The first-order chi connectivity index (χ1) is 12.8. The number of aromatic nitrogens is 4. The normalized spacial score (nSPS) is 28.4. The molecule has 0 bridgehead atoms. The number of aliphatic hydroxyl groups is 4. The number of fused-ring (bicyclic) bond motifs is 1. The standard InChI is InChI=1S/C14H20N6O7/c15-14-18-11-8(12(25)19-14)16-4-20(11)2-1-6(22)17-7-10(24)9(23)5(3-21)27-13(7)26/h4-5,7,9-10,13,21,23-24,26H,1-3H2,(H,17,22)(H3,15,18,19,25)/t5-,7-,9-,10-,13-/m0/s1. The molecule has 27 heavy (non-hydrogen) atoms. The van der Waals surface area contributed by atoms with Crippen LogP contribution in [0.4, 0.5) is 5.95 Å². The summed E-state index contributed by atoms with van der Waals surface area (Å²) in [5.74, 6) is -0.646. The lowest BCUT2D eigenvalue weighted by molar-refractivity contribution is -0.253. The molecule has 148 valence electrons. The van der Waals surface area contributed by atoms with Crippen LogP contribution in [0.5, 0.6) is 0 Å². The van der Waals surface area contributed by atoms with Crippen molar-refractivity contribution in [1.29, 1.82) is 0 Å². The maximum atomic E-state index is 12.2. The molecule has 0 unspecified atom stereocenters. The minimum Gasteiger partial charge on any atom is -0.394 e. The number of aliphatic hydroxyl groups excluding tert-OH is 4. The van der Waals surface area contributed by atoms with Crippen LogP contribution in [-0.2, 0) is 16.1 Å². The van der Waals surface area contributed by atoms with Crippen molar-refractivity contribution in [2.45, 2.75) is 43.6 Å². The highest BCUT2D eigenvalue weighted by Gasteiger charge is 2.44. The second-order valence-electron chi connectivity index (χ2n) is 6.13. The monoisotopic (exact) mass is 384 g/mol. The topological polar surface area (TPSA) is 209 Å². The zero-order chi connectivity index (χ0) is 19.7. The molecule has 3 heterocycles. The summed E-state index contributed by atoms with van der Waals surface area (Å²) in [6.45, 7) is -0.501. The molecule has 1 amide bonds. The van der Waals surface area contributed by atoms with Crippen molar-refractivity contribution in [2.24, 2.45) is 0 Å². The summed E-state index contributed by atoms with van der Waals surface area (Å²) in [6, 6.07) is -1.27. The average Bonchev–Trinajstić information content (AvgIpc) is 3.03. The first kappa shape index (κ1) is 19.2. The molecular weight excluding hydrogens is 364 g/mol. The molecule has 0 radical (unpaired) electrons. The molecule has 0 spiro atoms. The molecule has 2 aromatic heterocycles. The Morgan fingerprint density at radius 2 is 2.11 bits per heavy atom. The number of carbonyl (C=O) groups excluding carboxylic acids is 1. The van der Waals surface area contributed by atoms with Crippen molar-refractivity contribution >= 4 is 23.0 Å². The Balaban J connectivity index is 1.64. The predicted octanol–water partition coefficient (Wildman–Crippen LogP) is -3.99. The van der Waals surface area contributed by atoms with E-state index in [1.54, 1.807) is 0 Å². The van der Waals surface area contributed by atoms with Gasteiger partial charge < -0.3 is 40.8 Å². The van der Waals surface area contributed by atoms with E-state index in [1.807, 2.05) is 0 Å². The number of carbonyl (C=O) groups is 1. The van der Waals surface area contributed by atoms with Crippen molar-refractivity contribution in [3.05, 3.63) is 16.7 Å². The summed E-state index contributed by atoms with van der Waals surface area (Å²) in [5.41, 5.74) is 5.29. The van der Waals surface area contributed by atoms with Gasteiger partial charge in [-0.25, -0.2) is 4.98 Å². The Labute approximate surface area is 151 Å². The third kappa shape index (κ3) is 3.77. The van der Waals surface area contributed by atoms with Gasteiger partial charge in [0.2, 0.25) is 11.9 Å². The van der Waals surface area contributed by atoms with Crippen LogP contribution in [0.3, 0.4) is 0 Å². The van der Waals surface area contributed by atoms with E-state index >= 15 is 0 Å². The largest absolute Gasteiger partial charge is 0.394 e. The molecule has 5 atom stereocenters. The fourth-order valence-corrected chi connectivity index (χ4v) is 2.87. The van der Waals surface area contributed by atoms with Gasteiger partial charge in [0, 0.05) is 13.0 Å². The van der Waals surface area contributed by atoms with Crippen LogP contribution in [0.25, 0.3) is 11.2 Å². The molecular formula is C14H20N6O7. The van der Waals surface area contributed by atoms with Gasteiger partial charge in [0.05, 0.1) is 12.9 Å². The number of nitrogens with zero attached hydrogens (tertiary/aromatic N) is 3. The third-order valence-corrected chi connectivity index (χ3v) is 4.30. The van der Waals surface area contributed by atoms with Crippen LogP contribution in [0.15, 0.2) is 11.1 Å². The molecule has 13 heteroatoms. The fraction of sp³-hybridized carbons (Fsp3) is 0.571. The van der Waals surface area contributed by atoms with Crippen molar-refractivity contribution in [3.8, 4) is 0 Å². The van der Waals surface area contributed by atoms with Gasteiger partial charge in [-0.2, -0.15) is 4.98 Å². The smallest absolute Gasteiger partial charge is 0.280 e. The lowest BCUT2D eigenvalue weighted by Gasteiger charge is -2.40. The Bertz CT molecular complexity index is 882. The summed E-state index contributed by atoms with van der Waals surface area (Å²) >= 11 is 0. The summed E-state index contributed by atoms with van der Waals surface area (Å²) < 4.78 is 6.43. The molecule has 1 saturated heterocycles. The number of aromatic amines is 1. The van der Waals surface area contributed by atoms with E-state index < -0.39 is 48.7 Å². The highest BCUT2D eigenvalue weighted by atomic mass is 16.6. The van der Waals surface area contributed by atoms with E-state index in [0.29, 0.717) is 0 Å². The van der Waals surface area contributed by atoms with Gasteiger partial charge in [-0.05, 0) is 0 Å². The van der Waals surface area contributed by atoms with Crippen LogP contribution in [0.2, 0.25) is 0 Å². The quantitative estimate of drug-likeness (QED) is 0.266. The molecule has 0 aromatic carbocycles. The summed E-state index contributed by atoms with van der Waals surface area (Å²) in [5, 5.41) is 41.1. The number of hydrogen-bond acceptors (Lipinski definition) is 10. The first-order valence-electron chi connectivity index (χ1n) is 8.12. The summed E-state index contributed by atoms with van der Waals surface area (Å²) in [7, 11) is 0. The van der Waals surface area contributed by atoms with Crippen molar-refractivity contribution in [1.82, 2.24) is 24.8 Å². The number of nitrogens with two attached hydrogens (primary N) is 1.